The molecular formula is C22H21N3OS2. The number of H-pyrrole nitrogens is 1. The van der Waals surface area contributed by atoms with Crippen LogP contribution in [-0.4, -0.2) is 21.4 Å². The highest BCUT2D eigenvalue weighted by Crippen LogP contribution is 2.40. The normalized spacial score (nSPS) is 18.7. The maximum Gasteiger partial charge on any atom is 0.260 e. The molecule has 0 saturated carbocycles. The van der Waals surface area contributed by atoms with Crippen LogP contribution in [0.25, 0.3) is 21.3 Å². The highest BCUT2D eigenvalue weighted by Gasteiger charge is 2.32. The van der Waals surface area contributed by atoms with Crippen LogP contribution < -0.4 is 5.56 Å². The molecule has 142 valence electrons. The van der Waals surface area contributed by atoms with Crippen LogP contribution in [0.5, 0.6) is 0 Å². The Morgan fingerprint density at radius 1 is 1.18 bits per heavy atom. The number of nitrogens with zero attached hydrogens (tertiary/aromatic N) is 2. The quantitative estimate of drug-likeness (QED) is 0.478. The first-order valence-corrected chi connectivity index (χ1v) is 11.3. The van der Waals surface area contributed by atoms with Gasteiger partial charge in [0.2, 0.25) is 0 Å². The maximum absolute atomic E-state index is 13.0. The van der Waals surface area contributed by atoms with Crippen molar-refractivity contribution in [2.24, 2.45) is 0 Å². The molecule has 6 heteroatoms. The largest absolute Gasteiger partial charge is 0.309 e. The number of aromatic nitrogens is 2. The van der Waals surface area contributed by atoms with Crippen LogP contribution in [0.15, 0.2) is 58.0 Å². The van der Waals surface area contributed by atoms with E-state index >= 15 is 0 Å². The number of benzene rings is 1. The van der Waals surface area contributed by atoms with Crippen LogP contribution >= 0.6 is 22.7 Å². The summed E-state index contributed by atoms with van der Waals surface area (Å²) < 4.78 is 0. The third kappa shape index (κ3) is 3.02. The predicted molar refractivity (Wildman–Crippen MR) is 117 cm³/mol. The van der Waals surface area contributed by atoms with Gasteiger partial charge in [0.05, 0.1) is 11.4 Å². The van der Waals surface area contributed by atoms with E-state index in [-0.39, 0.29) is 11.6 Å². The van der Waals surface area contributed by atoms with E-state index in [1.807, 2.05) is 47.0 Å². The Hall–Kier alpha value is -2.28. The Kier molecular flexibility index (Phi) is 4.62. The molecule has 1 aliphatic heterocycles. The van der Waals surface area contributed by atoms with E-state index < -0.39 is 0 Å². The highest BCUT2D eigenvalue weighted by atomic mass is 32.1. The zero-order valence-electron chi connectivity index (χ0n) is 15.6. The summed E-state index contributed by atoms with van der Waals surface area (Å²) in [7, 11) is 0. The van der Waals surface area contributed by atoms with Gasteiger partial charge in [-0.15, -0.1) is 22.7 Å². The minimum atomic E-state index is -0.0428. The summed E-state index contributed by atoms with van der Waals surface area (Å²) in [5.74, 6) is 0.766. The van der Waals surface area contributed by atoms with Crippen molar-refractivity contribution in [2.75, 3.05) is 6.54 Å². The molecule has 2 atom stereocenters. The van der Waals surface area contributed by atoms with Crippen molar-refractivity contribution in [2.45, 2.75) is 31.8 Å². The Morgan fingerprint density at radius 3 is 2.82 bits per heavy atom. The van der Waals surface area contributed by atoms with Crippen LogP contribution in [0.2, 0.25) is 0 Å². The Morgan fingerprint density at radius 2 is 2.04 bits per heavy atom. The van der Waals surface area contributed by atoms with Crippen molar-refractivity contribution in [3.8, 4) is 11.1 Å². The lowest BCUT2D eigenvalue weighted by Crippen LogP contribution is -2.29. The summed E-state index contributed by atoms with van der Waals surface area (Å²) in [6.07, 6.45) is 2.34. The molecule has 28 heavy (non-hydrogen) atoms. The van der Waals surface area contributed by atoms with Gasteiger partial charge in [-0.05, 0) is 43.3 Å². The van der Waals surface area contributed by atoms with Crippen molar-refractivity contribution in [1.82, 2.24) is 14.9 Å². The molecule has 0 radical (unpaired) electrons. The summed E-state index contributed by atoms with van der Waals surface area (Å²) >= 11 is 3.36. The monoisotopic (exact) mass is 407 g/mol. The first kappa shape index (κ1) is 17.8. The minimum Gasteiger partial charge on any atom is -0.309 e. The van der Waals surface area contributed by atoms with Crippen LogP contribution in [0.1, 0.15) is 42.6 Å². The number of aromatic amines is 1. The van der Waals surface area contributed by atoms with Crippen LogP contribution in [0.3, 0.4) is 0 Å². The average Bonchev–Trinajstić information content (AvgIpc) is 3.47. The first-order chi connectivity index (χ1) is 13.7. The summed E-state index contributed by atoms with van der Waals surface area (Å²) in [6, 6.07) is 14.9. The fraction of sp³-hybridized carbons (Fsp3) is 0.273. The number of thiophene rings is 2. The molecule has 0 spiro atoms. The van der Waals surface area contributed by atoms with E-state index in [4.69, 9.17) is 4.98 Å². The van der Waals surface area contributed by atoms with Gasteiger partial charge in [-0.1, -0.05) is 36.4 Å². The van der Waals surface area contributed by atoms with E-state index in [2.05, 4.69) is 34.3 Å². The van der Waals surface area contributed by atoms with Gasteiger partial charge in [-0.2, -0.15) is 0 Å². The topological polar surface area (TPSA) is 49.0 Å². The van der Waals surface area contributed by atoms with Gasteiger partial charge in [-0.25, -0.2) is 4.98 Å². The number of hydrogen-bond donors (Lipinski definition) is 1. The van der Waals surface area contributed by atoms with Gasteiger partial charge in [0.25, 0.3) is 5.56 Å². The molecule has 2 unspecified atom stereocenters. The molecule has 0 bridgehead atoms. The summed E-state index contributed by atoms with van der Waals surface area (Å²) in [6.45, 7) is 3.19. The molecule has 4 nitrogen and oxygen atoms in total. The van der Waals surface area contributed by atoms with E-state index in [0.717, 1.165) is 34.7 Å². The molecule has 3 aromatic heterocycles. The molecule has 5 rings (SSSR count). The van der Waals surface area contributed by atoms with E-state index in [1.165, 1.54) is 11.3 Å². The second-order valence-electron chi connectivity index (χ2n) is 7.23. The standard InChI is InChI=1S/C22H21N3OS2/c1-14(25-11-5-9-17(25)18-10-6-12-27-18)20-23-21(26)19-16(13-28-22(19)24-20)15-7-3-2-4-8-15/h2-4,6-8,10,12-14,17H,5,9,11H2,1H3,(H,23,24,26). The lowest BCUT2D eigenvalue weighted by Gasteiger charge is -2.29. The fourth-order valence-electron chi connectivity index (χ4n) is 4.19. The van der Waals surface area contributed by atoms with Gasteiger partial charge in [0.1, 0.15) is 10.7 Å². The number of fused-ring (bicyclic) bond motifs is 1. The molecule has 4 aromatic rings. The van der Waals surface area contributed by atoms with Gasteiger partial charge in [0.15, 0.2) is 0 Å². The van der Waals surface area contributed by atoms with Crippen LogP contribution in [0, 0.1) is 0 Å². The molecule has 0 aliphatic carbocycles. The van der Waals surface area contributed by atoms with Crippen LogP contribution in [0.4, 0.5) is 0 Å². The van der Waals surface area contributed by atoms with Crippen molar-refractivity contribution in [3.05, 3.63) is 74.3 Å². The maximum atomic E-state index is 13.0. The zero-order chi connectivity index (χ0) is 19.1. The number of likely N-dealkylation sites (tertiary alicyclic amines) is 1. The minimum absolute atomic E-state index is 0.0428. The predicted octanol–water partition coefficient (Wildman–Crippen LogP) is 5.61. The second kappa shape index (κ2) is 7.28. The molecule has 4 heterocycles. The Labute approximate surface area is 171 Å². The summed E-state index contributed by atoms with van der Waals surface area (Å²) in [5.41, 5.74) is 1.98. The number of rotatable bonds is 4. The molecule has 1 aliphatic rings. The first-order valence-electron chi connectivity index (χ1n) is 9.58. The summed E-state index contributed by atoms with van der Waals surface area (Å²) in [4.78, 5) is 25.6. The molecule has 1 saturated heterocycles. The molecule has 1 fully saturated rings. The Balaban J connectivity index is 1.53. The van der Waals surface area contributed by atoms with E-state index in [1.54, 1.807) is 11.3 Å². The van der Waals surface area contributed by atoms with E-state index in [0.29, 0.717) is 11.4 Å². The third-order valence-electron chi connectivity index (χ3n) is 5.61. The second-order valence-corrected chi connectivity index (χ2v) is 9.07. The smallest absolute Gasteiger partial charge is 0.260 e. The number of nitrogens with one attached hydrogen (secondary N) is 1. The zero-order valence-corrected chi connectivity index (χ0v) is 17.2. The SMILES string of the molecule is CC(c1nc2scc(-c3ccccc3)c2c(=O)[nH]1)N1CCCC1c1cccs1. The van der Waals surface area contributed by atoms with Crippen LogP contribution in [-0.2, 0) is 0 Å². The number of hydrogen-bond acceptors (Lipinski definition) is 5. The molecule has 1 N–H and O–H groups in total. The van der Waals surface area contributed by atoms with Crippen molar-refractivity contribution >= 4 is 32.9 Å². The lowest BCUT2D eigenvalue weighted by atomic mass is 10.1. The Bertz CT molecular complexity index is 1150. The van der Waals surface area contributed by atoms with Gasteiger partial charge in [-0.3, -0.25) is 9.69 Å². The highest BCUT2D eigenvalue weighted by molar-refractivity contribution is 7.17. The molecule has 0 amide bonds. The molecular weight excluding hydrogens is 386 g/mol. The van der Waals surface area contributed by atoms with Gasteiger partial charge < -0.3 is 4.98 Å². The third-order valence-corrected chi connectivity index (χ3v) is 7.45. The van der Waals surface area contributed by atoms with Crippen molar-refractivity contribution in [1.29, 1.82) is 0 Å². The fourth-order valence-corrected chi connectivity index (χ4v) is 6.03. The van der Waals surface area contributed by atoms with Gasteiger partial charge >= 0.3 is 0 Å². The lowest BCUT2D eigenvalue weighted by molar-refractivity contribution is 0.189. The van der Waals surface area contributed by atoms with Crippen molar-refractivity contribution < 1.29 is 0 Å². The van der Waals surface area contributed by atoms with Gasteiger partial charge in [0, 0.05) is 21.9 Å². The average molecular weight is 408 g/mol. The summed E-state index contributed by atoms with van der Waals surface area (Å²) in [5, 5.41) is 4.88. The molecule has 1 aromatic carbocycles. The van der Waals surface area contributed by atoms with Crippen molar-refractivity contribution in [3.63, 3.8) is 0 Å². The van der Waals surface area contributed by atoms with E-state index in [9.17, 15) is 4.79 Å².